The van der Waals surface area contributed by atoms with E-state index in [1.54, 1.807) is 20.8 Å². The van der Waals surface area contributed by atoms with Crippen LogP contribution in [0.5, 0.6) is 0 Å². The summed E-state index contributed by atoms with van der Waals surface area (Å²) in [5.41, 5.74) is 0.291. The van der Waals surface area contributed by atoms with E-state index in [-0.39, 0.29) is 18.0 Å². The molecule has 0 heterocycles. The van der Waals surface area contributed by atoms with Gasteiger partial charge in [0.15, 0.2) is 6.29 Å². The van der Waals surface area contributed by atoms with Gasteiger partial charge in [0.05, 0.1) is 0 Å². The summed E-state index contributed by atoms with van der Waals surface area (Å²) in [6, 6.07) is 8.51. The maximum absolute atomic E-state index is 12.1. The lowest BCUT2D eigenvalue weighted by Crippen LogP contribution is -2.47. The largest absolute Gasteiger partial charge is 0.456 e. The number of nitrogens with one attached hydrogen (secondary N) is 1. The molecule has 0 spiro atoms. The Bertz CT molecular complexity index is 493. The number of esters is 1. The van der Waals surface area contributed by atoms with Gasteiger partial charge >= 0.3 is 5.97 Å². The lowest BCUT2D eigenvalue weighted by atomic mass is 9.94. The molecule has 6 heteroatoms. The Balaban J connectivity index is 0.00000441. The molecule has 22 heavy (non-hydrogen) atoms. The van der Waals surface area contributed by atoms with E-state index in [0.29, 0.717) is 12.7 Å². The molecule has 1 rings (SSSR count). The minimum Gasteiger partial charge on any atom is -0.456 e. The van der Waals surface area contributed by atoms with Gasteiger partial charge in [0.1, 0.15) is 12.6 Å². The van der Waals surface area contributed by atoms with Crippen molar-refractivity contribution in [2.24, 2.45) is 5.41 Å². The molecular formula is C16H23NO5. The number of carbonyl (C=O) groups is 3. The third-order valence-corrected chi connectivity index (χ3v) is 2.85. The zero-order chi connectivity index (χ0) is 15.9. The van der Waals surface area contributed by atoms with Crippen LogP contribution >= 0.6 is 0 Å². The van der Waals surface area contributed by atoms with Crippen molar-refractivity contribution in [2.75, 3.05) is 6.61 Å². The average Bonchev–Trinajstić information content (AvgIpc) is 2.44. The summed E-state index contributed by atoms with van der Waals surface area (Å²) in [5.74, 6) is -0.852. The van der Waals surface area contributed by atoms with E-state index in [9.17, 15) is 14.4 Å². The second-order valence-electron chi connectivity index (χ2n) is 5.76. The maximum atomic E-state index is 12.1. The van der Waals surface area contributed by atoms with E-state index >= 15 is 0 Å². The Labute approximate surface area is 130 Å². The van der Waals surface area contributed by atoms with Crippen LogP contribution in [0.1, 0.15) is 26.3 Å². The summed E-state index contributed by atoms with van der Waals surface area (Å²) in [5, 5.41) is 2.68. The first kappa shape index (κ1) is 19.8. The van der Waals surface area contributed by atoms with Crippen molar-refractivity contribution in [1.82, 2.24) is 5.32 Å². The first-order chi connectivity index (χ1) is 9.84. The molecule has 1 aromatic carbocycles. The van der Waals surface area contributed by atoms with E-state index in [4.69, 9.17) is 4.74 Å². The lowest BCUT2D eigenvalue weighted by Gasteiger charge is -2.23. The second kappa shape index (κ2) is 8.94. The third kappa shape index (κ3) is 6.49. The molecule has 0 saturated carbocycles. The normalized spacial score (nSPS) is 11.8. The Morgan fingerprint density at radius 1 is 1.23 bits per heavy atom. The molecule has 0 unspecified atom stereocenters. The molecule has 0 aliphatic heterocycles. The average molecular weight is 309 g/mol. The summed E-state index contributed by atoms with van der Waals surface area (Å²) in [6.45, 7) is 4.98. The molecule has 0 aliphatic rings. The van der Waals surface area contributed by atoms with Crippen LogP contribution in [0.25, 0.3) is 0 Å². The van der Waals surface area contributed by atoms with Gasteiger partial charge in [0.2, 0.25) is 5.91 Å². The molecular weight excluding hydrogens is 286 g/mol. The number of amides is 1. The van der Waals surface area contributed by atoms with Crippen molar-refractivity contribution in [1.29, 1.82) is 0 Å². The molecule has 1 aromatic rings. The topological polar surface area (TPSA) is 104 Å². The molecule has 0 fully saturated rings. The Morgan fingerprint density at radius 2 is 1.82 bits per heavy atom. The highest BCUT2D eigenvalue weighted by atomic mass is 16.5. The first-order valence-corrected chi connectivity index (χ1v) is 6.79. The summed E-state index contributed by atoms with van der Waals surface area (Å²) in [6.07, 6.45) is 0.823. The number of ether oxygens (including phenoxy) is 1. The predicted molar refractivity (Wildman–Crippen MR) is 82.2 cm³/mol. The minimum absolute atomic E-state index is 0. The smallest absolute Gasteiger partial charge is 0.329 e. The van der Waals surface area contributed by atoms with Crippen LogP contribution in [-0.2, 0) is 25.5 Å². The van der Waals surface area contributed by atoms with Crippen molar-refractivity contribution < 1.29 is 24.6 Å². The Morgan fingerprint density at radius 3 is 2.32 bits per heavy atom. The van der Waals surface area contributed by atoms with Gasteiger partial charge in [0.25, 0.3) is 0 Å². The van der Waals surface area contributed by atoms with Crippen LogP contribution in [0, 0.1) is 5.41 Å². The van der Waals surface area contributed by atoms with E-state index in [1.807, 2.05) is 30.3 Å². The van der Waals surface area contributed by atoms with Gasteiger partial charge in [-0.2, -0.15) is 0 Å². The number of rotatable bonds is 6. The summed E-state index contributed by atoms with van der Waals surface area (Å²) in [7, 11) is 0. The fraction of sp³-hybridized carbons (Fsp3) is 0.438. The highest BCUT2D eigenvalue weighted by Gasteiger charge is 2.28. The number of hydrogen-bond donors (Lipinski definition) is 1. The minimum atomic E-state index is -0.806. The molecule has 0 bridgehead atoms. The fourth-order valence-electron chi connectivity index (χ4n) is 1.63. The molecule has 0 aliphatic carbocycles. The first-order valence-electron chi connectivity index (χ1n) is 6.79. The van der Waals surface area contributed by atoms with Crippen molar-refractivity contribution in [2.45, 2.75) is 33.2 Å². The number of carbonyl (C=O) groups excluding carboxylic acids is 3. The van der Waals surface area contributed by atoms with Crippen molar-refractivity contribution in [3.8, 4) is 0 Å². The molecule has 0 saturated heterocycles. The predicted octanol–water partition coefficient (Wildman–Crippen LogP) is 0.677. The van der Waals surface area contributed by atoms with Gasteiger partial charge in [0, 0.05) is 11.8 Å². The summed E-state index contributed by atoms with van der Waals surface area (Å²) in [4.78, 5) is 34.3. The van der Waals surface area contributed by atoms with E-state index in [0.717, 1.165) is 5.56 Å². The van der Waals surface area contributed by atoms with Crippen LogP contribution < -0.4 is 5.32 Å². The van der Waals surface area contributed by atoms with Crippen molar-refractivity contribution >= 4 is 18.2 Å². The monoisotopic (exact) mass is 309 g/mol. The number of benzene rings is 1. The van der Waals surface area contributed by atoms with E-state index in [2.05, 4.69) is 5.32 Å². The van der Waals surface area contributed by atoms with Gasteiger partial charge in [-0.3, -0.25) is 9.59 Å². The Hall–Kier alpha value is -2.21. The van der Waals surface area contributed by atoms with E-state index in [1.165, 1.54) is 0 Å². The molecule has 1 atom stereocenters. The van der Waals surface area contributed by atoms with Crippen LogP contribution in [-0.4, -0.2) is 36.3 Å². The van der Waals surface area contributed by atoms with Crippen molar-refractivity contribution in [3.63, 3.8) is 0 Å². The lowest BCUT2D eigenvalue weighted by molar-refractivity contribution is -0.150. The second-order valence-corrected chi connectivity index (χ2v) is 5.76. The van der Waals surface area contributed by atoms with Gasteiger partial charge in [-0.15, -0.1) is 0 Å². The van der Waals surface area contributed by atoms with Crippen LogP contribution in [0.2, 0.25) is 0 Å². The van der Waals surface area contributed by atoms with Gasteiger partial charge < -0.3 is 15.5 Å². The molecule has 0 radical (unpaired) electrons. The Kier molecular flexibility index (Phi) is 8.04. The fourth-order valence-corrected chi connectivity index (χ4v) is 1.63. The standard InChI is InChI=1S/C16H21NO4.H2O/c1-16(2,3)15(20)17-13(14(19)21-10-9-18)11-12-7-5-4-6-8-12;/h4-9,13H,10-11H2,1-3H3,(H,17,20);1H2/t13-;/m0./s1. The van der Waals surface area contributed by atoms with Gasteiger partial charge in [-0.05, 0) is 5.56 Å². The highest BCUT2D eigenvalue weighted by Crippen LogP contribution is 2.14. The van der Waals surface area contributed by atoms with E-state index < -0.39 is 17.4 Å². The molecule has 3 N–H and O–H groups in total. The maximum Gasteiger partial charge on any atom is 0.329 e. The number of hydrogen-bond acceptors (Lipinski definition) is 4. The van der Waals surface area contributed by atoms with Gasteiger partial charge in [-0.1, -0.05) is 51.1 Å². The molecule has 6 nitrogen and oxygen atoms in total. The summed E-state index contributed by atoms with van der Waals surface area (Å²) >= 11 is 0. The molecule has 122 valence electrons. The molecule has 1 amide bonds. The molecule has 0 aromatic heterocycles. The SMILES string of the molecule is CC(C)(C)C(=O)N[C@@H](Cc1ccccc1)C(=O)OCC=O.O. The zero-order valence-corrected chi connectivity index (χ0v) is 13.1. The zero-order valence-electron chi connectivity index (χ0n) is 13.1. The number of aldehydes is 1. The van der Waals surface area contributed by atoms with Crippen LogP contribution in [0.3, 0.4) is 0 Å². The van der Waals surface area contributed by atoms with Crippen molar-refractivity contribution in [3.05, 3.63) is 35.9 Å². The third-order valence-electron chi connectivity index (χ3n) is 2.85. The van der Waals surface area contributed by atoms with Crippen LogP contribution in [0.15, 0.2) is 30.3 Å². The van der Waals surface area contributed by atoms with Gasteiger partial charge in [-0.25, -0.2) is 4.79 Å². The highest BCUT2D eigenvalue weighted by molar-refractivity contribution is 5.87. The quantitative estimate of drug-likeness (QED) is 0.616. The van der Waals surface area contributed by atoms with Crippen LogP contribution in [0.4, 0.5) is 0 Å². The summed E-state index contributed by atoms with van der Waals surface area (Å²) < 4.78 is 4.82.